The van der Waals surface area contributed by atoms with E-state index >= 15 is 0 Å². The second kappa shape index (κ2) is 5.42. The number of pyridine rings is 1. The highest BCUT2D eigenvalue weighted by atomic mass is 35.5. The third-order valence-corrected chi connectivity index (χ3v) is 4.07. The predicted octanol–water partition coefficient (Wildman–Crippen LogP) is 1.70. The molecular formula is C9H11ClN2O4S. The maximum atomic E-state index is 11.7. The number of sulfone groups is 1. The van der Waals surface area contributed by atoms with Gasteiger partial charge in [0.15, 0.2) is 14.9 Å². The maximum Gasteiger partial charge on any atom is 0.276 e. The third-order valence-electron chi connectivity index (χ3n) is 2.11. The summed E-state index contributed by atoms with van der Waals surface area (Å²) in [4.78, 5) is 13.8. The molecule has 0 aliphatic carbocycles. The molecule has 0 atom stereocenters. The highest BCUT2D eigenvalue weighted by Crippen LogP contribution is 2.20. The summed E-state index contributed by atoms with van der Waals surface area (Å²) in [7, 11) is -3.60. The molecular weight excluding hydrogens is 268 g/mol. The van der Waals surface area contributed by atoms with E-state index in [1.807, 2.05) is 0 Å². The Bertz CT molecular complexity index is 530. The fraction of sp³-hybridized carbons (Fsp3) is 0.444. The standard InChI is InChI=1S/C9H11ClN2O4S/c1-7-6-11-9(5-8(7)12(13)14)17(15,16)4-2-3-10/h5-6H,2-4H2,1H3. The number of nitro groups is 1. The zero-order chi connectivity index (χ0) is 13.1. The quantitative estimate of drug-likeness (QED) is 0.464. The molecule has 1 rings (SSSR count). The molecule has 6 nitrogen and oxygen atoms in total. The number of hydrogen-bond donors (Lipinski definition) is 0. The van der Waals surface area contributed by atoms with Crippen LogP contribution < -0.4 is 0 Å². The molecule has 0 N–H and O–H groups in total. The molecule has 0 fully saturated rings. The lowest BCUT2D eigenvalue weighted by atomic mass is 10.3. The van der Waals surface area contributed by atoms with Gasteiger partial charge in [-0.25, -0.2) is 13.4 Å². The van der Waals surface area contributed by atoms with Gasteiger partial charge in [-0.2, -0.15) is 0 Å². The van der Waals surface area contributed by atoms with Crippen LogP contribution >= 0.6 is 11.6 Å². The van der Waals surface area contributed by atoms with E-state index in [0.29, 0.717) is 5.56 Å². The molecule has 1 aromatic heterocycles. The topological polar surface area (TPSA) is 90.2 Å². The van der Waals surface area contributed by atoms with Crippen LogP contribution in [0, 0.1) is 17.0 Å². The highest BCUT2D eigenvalue weighted by Gasteiger charge is 2.20. The van der Waals surface area contributed by atoms with Gasteiger partial charge >= 0.3 is 0 Å². The first-order chi connectivity index (χ1) is 7.88. The molecule has 0 aromatic carbocycles. The number of aromatic nitrogens is 1. The molecule has 1 heterocycles. The average molecular weight is 279 g/mol. The van der Waals surface area contributed by atoms with Crippen LogP contribution in [0.1, 0.15) is 12.0 Å². The summed E-state index contributed by atoms with van der Waals surface area (Å²) < 4.78 is 23.5. The third kappa shape index (κ3) is 3.37. The zero-order valence-electron chi connectivity index (χ0n) is 9.09. The van der Waals surface area contributed by atoms with Gasteiger partial charge in [0.25, 0.3) is 5.69 Å². The summed E-state index contributed by atoms with van der Waals surface area (Å²) in [6.07, 6.45) is 1.47. The monoisotopic (exact) mass is 278 g/mol. The van der Waals surface area contributed by atoms with Crippen molar-refractivity contribution in [3.8, 4) is 0 Å². The summed E-state index contributed by atoms with van der Waals surface area (Å²) in [5.74, 6) is 0.0525. The number of halogens is 1. The largest absolute Gasteiger partial charge is 0.276 e. The maximum absolute atomic E-state index is 11.7. The molecule has 0 saturated heterocycles. The smallest absolute Gasteiger partial charge is 0.258 e. The van der Waals surface area contributed by atoms with Crippen LogP contribution in [0.15, 0.2) is 17.3 Å². The van der Waals surface area contributed by atoms with E-state index in [4.69, 9.17) is 11.6 Å². The van der Waals surface area contributed by atoms with E-state index in [1.165, 1.54) is 13.1 Å². The van der Waals surface area contributed by atoms with Gasteiger partial charge in [0.05, 0.1) is 16.7 Å². The van der Waals surface area contributed by atoms with Crippen molar-refractivity contribution in [2.24, 2.45) is 0 Å². The summed E-state index contributed by atoms with van der Waals surface area (Å²) in [6, 6.07) is 0.985. The normalized spacial score (nSPS) is 11.4. The lowest BCUT2D eigenvalue weighted by molar-refractivity contribution is -0.385. The van der Waals surface area contributed by atoms with Crippen molar-refractivity contribution in [1.82, 2.24) is 4.98 Å². The van der Waals surface area contributed by atoms with E-state index in [2.05, 4.69) is 4.98 Å². The van der Waals surface area contributed by atoms with Gasteiger partial charge in [-0.05, 0) is 13.3 Å². The molecule has 0 unspecified atom stereocenters. The van der Waals surface area contributed by atoms with E-state index < -0.39 is 14.8 Å². The summed E-state index contributed by atoms with van der Waals surface area (Å²) in [6.45, 7) is 1.50. The lowest BCUT2D eigenvalue weighted by Gasteiger charge is -2.03. The van der Waals surface area contributed by atoms with Crippen LogP contribution in [-0.2, 0) is 9.84 Å². The second-order valence-corrected chi connectivity index (χ2v) is 5.86. The molecule has 0 radical (unpaired) electrons. The first-order valence-corrected chi connectivity index (χ1v) is 6.97. The highest BCUT2D eigenvalue weighted by molar-refractivity contribution is 7.91. The van der Waals surface area contributed by atoms with Crippen molar-refractivity contribution in [3.05, 3.63) is 27.9 Å². The van der Waals surface area contributed by atoms with Crippen molar-refractivity contribution < 1.29 is 13.3 Å². The van der Waals surface area contributed by atoms with Gasteiger partial charge in [0.2, 0.25) is 0 Å². The lowest BCUT2D eigenvalue weighted by Crippen LogP contribution is -2.10. The van der Waals surface area contributed by atoms with E-state index in [1.54, 1.807) is 0 Å². The van der Waals surface area contributed by atoms with E-state index in [0.717, 1.165) is 6.07 Å². The number of alkyl halides is 1. The van der Waals surface area contributed by atoms with Crippen LogP contribution in [0.4, 0.5) is 5.69 Å². The Hall–Kier alpha value is -1.21. The molecule has 0 bridgehead atoms. The minimum Gasteiger partial charge on any atom is -0.258 e. The SMILES string of the molecule is Cc1cnc(S(=O)(=O)CCCCl)cc1[N+](=O)[O-]. The van der Waals surface area contributed by atoms with Gasteiger partial charge in [-0.1, -0.05) is 0 Å². The molecule has 8 heteroatoms. The molecule has 0 amide bonds. The van der Waals surface area contributed by atoms with Crippen LogP contribution in [0.3, 0.4) is 0 Å². The van der Waals surface area contributed by atoms with Crippen LogP contribution in [0.2, 0.25) is 0 Å². The molecule has 0 aliphatic rings. The van der Waals surface area contributed by atoms with Crippen molar-refractivity contribution in [1.29, 1.82) is 0 Å². The Labute approximate surface area is 104 Å². The summed E-state index contributed by atoms with van der Waals surface area (Å²) in [5.41, 5.74) is 0.0794. The second-order valence-electron chi connectivity index (χ2n) is 3.43. The number of hydrogen-bond acceptors (Lipinski definition) is 5. The van der Waals surface area contributed by atoms with Crippen LogP contribution in [0.5, 0.6) is 0 Å². The minimum atomic E-state index is -3.60. The van der Waals surface area contributed by atoms with Crippen molar-refractivity contribution in [3.63, 3.8) is 0 Å². The Kier molecular flexibility index (Phi) is 4.41. The van der Waals surface area contributed by atoms with Gasteiger partial charge < -0.3 is 0 Å². The minimum absolute atomic E-state index is 0.163. The fourth-order valence-corrected chi connectivity index (χ4v) is 2.74. The average Bonchev–Trinajstić information content (AvgIpc) is 2.26. The Morgan fingerprint density at radius 3 is 2.71 bits per heavy atom. The fourth-order valence-electron chi connectivity index (χ4n) is 1.21. The number of rotatable bonds is 5. The Morgan fingerprint density at radius 2 is 2.18 bits per heavy atom. The molecule has 94 valence electrons. The molecule has 0 spiro atoms. The zero-order valence-corrected chi connectivity index (χ0v) is 10.7. The van der Waals surface area contributed by atoms with Gasteiger partial charge in [0.1, 0.15) is 0 Å². The molecule has 0 aliphatic heterocycles. The number of aryl methyl sites for hydroxylation is 1. The Morgan fingerprint density at radius 1 is 1.53 bits per heavy atom. The molecule has 1 aromatic rings. The van der Waals surface area contributed by atoms with Crippen LogP contribution in [-0.4, -0.2) is 30.0 Å². The van der Waals surface area contributed by atoms with Crippen molar-refractivity contribution in [2.45, 2.75) is 18.4 Å². The predicted molar refractivity (Wildman–Crippen MR) is 63.0 cm³/mol. The van der Waals surface area contributed by atoms with E-state index in [-0.39, 0.29) is 28.8 Å². The first-order valence-electron chi connectivity index (χ1n) is 4.78. The van der Waals surface area contributed by atoms with Crippen molar-refractivity contribution >= 4 is 27.1 Å². The van der Waals surface area contributed by atoms with Crippen molar-refractivity contribution in [2.75, 3.05) is 11.6 Å². The van der Waals surface area contributed by atoms with Crippen LogP contribution in [0.25, 0.3) is 0 Å². The molecule has 17 heavy (non-hydrogen) atoms. The number of nitrogens with zero attached hydrogens (tertiary/aromatic N) is 2. The van der Waals surface area contributed by atoms with E-state index in [9.17, 15) is 18.5 Å². The Balaban J connectivity index is 3.16. The summed E-state index contributed by atoms with van der Waals surface area (Å²) >= 11 is 5.41. The van der Waals surface area contributed by atoms with Gasteiger partial charge in [-0.3, -0.25) is 10.1 Å². The van der Waals surface area contributed by atoms with Gasteiger partial charge in [0, 0.05) is 17.6 Å². The first kappa shape index (κ1) is 13.9. The summed E-state index contributed by atoms with van der Waals surface area (Å²) in [5, 5.41) is 10.4. The van der Waals surface area contributed by atoms with Gasteiger partial charge in [-0.15, -0.1) is 11.6 Å². The molecule has 0 saturated carbocycles.